The first-order valence-electron chi connectivity index (χ1n) is 12.9. The normalized spacial score (nSPS) is 11.7. The molecule has 0 aliphatic heterocycles. The zero-order chi connectivity index (χ0) is 27.4. The Morgan fingerprint density at radius 2 is 1.26 bits per heavy atom. The van der Waals surface area contributed by atoms with Crippen LogP contribution in [0.25, 0.3) is 10.9 Å². The van der Waals surface area contributed by atoms with Crippen LogP contribution in [0.2, 0.25) is 0 Å². The molecule has 38 heavy (non-hydrogen) atoms. The van der Waals surface area contributed by atoms with Crippen molar-refractivity contribution in [1.82, 2.24) is 19.3 Å². The van der Waals surface area contributed by atoms with Crippen LogP contribution in [0.15, 0.2) is 72.8 Å². The van der Waals surface area contributed by atoms with Gasteiger partial charge in [0.15, 0.2) is 0 Å². The summed E-state index contributed by atoms with van der Waals surface area (Å²) >= 11 is 0. The number of phenols is 2. The maximum absolute atomic E-state index is 14.3. The fraction of sp³-hybridized carbons (Fsp3) is 0.323. The van der Waals surface area contributed by atoms with Gasteiger partial charge < -0.3 is 29.5 Å². The summed E-state index contributed by atoms with van der Waals surface area (Å²) in [6.45, 7) is 2.80. The SMILES string of the molecule is CN(C)CCN(C)C(=O)c1c(C(c2ccc(O)cc2)c2ccc(O)cc2)c2ccccc2n1CCN(C)C. The van der Waals surface area contributed by atoms with Crippen LogP contribution in [0.3, 0.4) is 0 Å². The number of amides is 1. The molecule has 0 spiro atoms. The van der Waals surface area contributed by atoms with Crippen LogP contribution in [-0.4, -0.2) is 90.3 Å². The smallest absolute Gasteiger partial charge is 0.270 e. The van der Waals surface area contributed by atoms with Crippen molar-refractivity contribution < 1.29 is 15.0 Å². The molecule has 4 aromatic rings. The van der Waals surface area contributed by atoms with Gasteiger partial charge in [-0.3, -0.25) is 4.79 Å². The Kier molecular flexibility index (Phi) is 8.39. The fourth-order valence-corrected chi connectivity index (χ4v) is 4.88. The van der Waals surface area contributed by atoms with E-state index in [-0.39, 0.29) is 23.3 Å². The number of carbonyl (C=O) groups excluding carboxylic acids is 1. The quantitative estimate of drug-likeness (QED) is 0.328. The van der Waals surface area contributed by atoms with Gasteiger partial charge in [0.2, 0.25) is 0 Å². The molecule has 7 heteroatoms. The van der Waals surface area contributed by atoms with E-state index in [0.717, 1.165) is 40.7 Å². The summed E-state index contributed by atoms with van der Waals surface area (Å²) in [6.07, 6.45) is 0. The fourth-order valence-electron chi connectivity index (χ4n) is 4.88. The average Bonchev–Trinajstić information content (AvgIpc) is 3.21. The molecule has 0 fully saturated rings. The van der Waals surface area contributed by atoms with Crippen molar-refractivity contribution in [2.75, 3.05) is 54.9 Å². The maximum Gasteiger partial charge on any atom is 0.270 e. The molecule has 0 unspecified atom stereocenters. The lowest BCUT2D eigenvalue weighted by Gasteiger charge is -2.25. The lowest BCUT2D eigenvalue weighted by atomic mass is 9.83. The van der Waals surface area contributed by atoms with Crippen LogP contribution in [0.5, 0.6) is 11.5 Å². The first-order valence-corrected chi connectivity index (χ1v) is 12.9. The molecule has 0 saturated carbocycles. The van der Waals surface area contributed by atoms with E-state index >= 15 is 0 Å². The molecule has 200 valence electrons. The van der Waals surface area contributed by atoms with Crippen LogP contribution in [-0.2, 0) is 6.54 Å². The standard InChI is InChI=1S/C31H38N4O3/c1-32(2)18-20-34(5)31(38)30-29(26-8-6-7-9-27(26)35(30)21-19-33(3)4)28(22-10-14-24(36)15-11-22)23-12-16-25(37)17-13-23/h6-17,28,36-37H,18-21H2,1-5H3. The Labute approximate surface area is 225 Å². The number of phenolic OH excluding ortho intramolecular Hbond substituents is 2. The van der Waals surface area contributed by atoms with Gasteiger partial charge in [0.1, 0.15) is 17.2 Å². The molecule has 1 aromatic heterocycles. The second-order valence-electron chi connectivity index (χ2n) is 10.4. The molecule has 0 saturated heterocycles. The minimum absolute atomic E-state index is 0.0284. The third-order valence-electron chi connectivity index (χ3n) is 6.95. The topological polar surface area (TPSA) is 72.2 Å². The van der Waals surface area contributed by atoms with Crippen LogP contribution >= 0.6 is 0 Å². The van der Waals surface area contributed by atoms with Crippen LogP contribution < -0.4 is 0 Å². The third-order valence-corrected chi connectivity index (χ3v) is 6.95. The summed E-state index contributed by atoms with van der Waals surface area (Å²) < 4.78 is 2.16. The Hall–Kier alpha value is -3.81. The largest absolute Gasteiger partial charge is 0.508 e. The molecule has 0 aliphatic carbocycles. The van der Waals surface area contributed by atoms with E-state index in [0.29, 0.717) is 18.8 Å². The van der Waals surface area contributed by atoms with Gasteiger partial charge in [-0.25, -0.2) is 0 Å². The maximum atomic E-state index is 14.3. The van der Waals surface area contributed by atoms with E-state index in [2.05, 4.69) is 26.5 Å². The average molecular weight is 515 g/mol. The number of fused-ring (bicyclic) bond motifs is 1. The molecule has 7 nitrogen and oxygen atoms in total. The first kappa shape index (κ1) is 27.2. The molecule has 3 aromatic carbocycles. The Morgan fingerprint density at radius 3 is 1.79 bits per heavy atom. The first-order chi connectivity index (χ1) is 18.2. The number of hydrogen-bond donors (Lipinski definition) is 2. The number of aromatic nitrogens is 1. The molecule has 1 amide bonds. The lowest BCUT2D eigenvalue weighted by Crippen LogP contribution is -2.35. The van der Waals surface area contributed by atoms with Gasteiger partial charge in [0, 0.05) is 55.6 Å². The lowest BCUT2D eigenvalue weighted by molar-refractivity contribution is 0.0774. The highest BCUT2D eigenvalue weighted by Gasteiger charge is 2.31. The molecule has 0 radical (unpaired) electrons. The summed E-state index contributed by atoms with van der Waals surface area (Å²) in [5.41, 5.74) is 4.51. The van der Waals surface area contributed by atoms with Crippen LogP contribution in [0.4, 0.5) is 0 Å². The number of carbonyl (C=O) groups is 1. The van der Waals surface area contributed by atoms with Gasteiger partial charge in [-0.2, -0.15) is 0 Å². The number of likely N-dealkylation sites (N-methyl/N-ethyl adjacent to an activating group) is 3. The second kappa shape index (κ2) is 11.7. The molecule has 0 atom stereocenters. The molecule has 4 rings (SSSR count). The zero-order valence-electron chi connectivity index (χ0n) is 22.9. The van der Waals surface area contributed by atoms with Crippen molar-refractivity contribution in [2.24, 2.45) is 0 Å². The van der Waals surface area contributed by atoms with E-state index in [1.54, 1.807) is 29.2 Å². The molecular weight excluding hydrogens is 476 g/mol. The van der Waals surface area contributed by atoms with Crippen molar-refractivity contribution in [3.05, 3.63) is 95.2 Å². The van der Waals surface area contributed by atoms with E-state index in [9.17, 15) is 15.0 Å². The van der Waals surface area contributed by atoms with E-state index in [4.69, 9.17) is 0 Å². The third kappa shape index (κ3) is 5.85. The predicted molar refractivity (Wildman–Crippen MR) is 153 cm³/mol. The van der Waals surface area contributed by atoms with Crippen molar-refractivity contribution in [3.63, 3.8) is 0 Å². The van der Waals surface area contributed by atoms with Crippen molar-refractivity contribution in [3.8, 4) is 11.5 Å². The summed E-state index contributed by atoms with van der Waals surface area (Å²) in [5, 5.41) is 21.1. The summed E-state index contributed by atoms with van der Waals surface area (Å²) in [6, 6.07) is 22.5. The number of para-hydroxylation sites is 1. The van der Waals surface area contributed by atoms with Gasteiger partial charge in [-0.15, -0.1) is 0 Å². The molecule has 0 bridgehead atoms. The number of aromatic hydroxyl groups is 2. The number of nitrogens with zero attached hydrogens (tertiary/aromatic N) is 4. The number of rotatable bonds is 10. The predicted octanol–water partition coefficient (Wildman–Crippen LogP) is 4.43. The highest BCUT2D eigenvalue weighted by atomic mass is 16.3. The highest BCUT2D eigenvalue weighted by molar-refractivity contribution is 6.02. The Balaban J connectivity index is 2.01. The van der Waals surface area contributed by atoms with Crippen molar-refractivity contribution >= 4 is 16.8 Å². The van der Waals surface area contributed by atoms with Gasteiger partial charge in [-0.05, 0) is 69.6 Å². The molecule has 0 aliphatic rings. The molecule has 2 N–H and O–H groups in total. The monoisotopic (exact) mass is 514 g/mol. The number of hydrogen-bond acceptors (Lipinski definition) is 5. The zero-order valence-corrected chi connectivity index (χ0v) is 22.9. The summed E-state index contributed by atoms with van der Waals surface area (Å²) in [4.78, 5) is 20.3. The Bertz CT molecular complexity index is 1330. The summed E-state index contributed by atoms with van der Waals surface area (Å²) in [7, 11) is 9.94. The minimum Gasteiger partial charge on any atom is -0.508 e. The van der Waals surface area contributed by atoms with E-state index in [1.165, 1.54) is 0 Å². The van der Waals surface area contributed by atoms with Gasteiger partial charge in [0.05, 0.1) is 0 Å². The Morgan fingerprint density at radius 1 is 0.737 bits per heavy atom. The number of benzene rings is 3. The molecular formula is C31H38N4O3. The van der Waals surface area contributed by atoms with Gasteiger partial charge >= 0.3 is 0 Å². The van der Waals surface area contributed by atoms with Crippen LogP contribution in [0, 0.1) is 0 Å². The van der Waals surface area contributed by atoms with Gasteiger partial charge in [0.25, 0.3) is 5.91 Å². The summed E-state index contributed by atoms with van der Waals surface area (Å²) in [5.74, 6) is 0.0555. The molecule has 1 heterocycles. The minimum atomic E-state index is -0.289. The van der Waals surface area contributed by atoms with Gasteiger partial charge in [-0.1, -0.05) is 42.5 Å². The van der Waals surface area contributed by atoms with Crippen molar-refractivity contribution in [2.45, 2.75) is 12.5 Å². The van der Waals surface area contributed by atoms with Crippen LogP contribution in [0.1, 0.15) is 33.1 Å². The highest BCUT2D eigenvalue weighted by Crippen LogP contribution is 2.41. The van der Waals surface area contributed by atoms with E-state index in [1.807, 2.05) is 71.6 Å². The second-order valence-corrected chi connectivity index (χ2v) is 10.4. The van der Waals surface area contributed by atoms with E-state index < -0.39 is 0 Å². The van der Waals surface area contributed by atoms with Crippen molar-refractivity contribution in [1.29, 1.82) is 0 Å².